The summed E-state index contributed by atoms with van der Waals surface area (Å²) in [7, 11) is 1.31. The Balaban J connectivity index is 1.50. The summed E-state index contributed by atoms with van der Waals surface area (Å²) >= 11 is 0. The van der Waals surface area contributed by atoms with Crippen LogP contribution in [-0.2, 0) is 27.3 Å². The van der Waals surface area contributed by atoms with Crippen LogP contribution in [0.4, 0.5) is 0 Å². The van der Waals surface area contributed by atoms with Gasteiger partial charge in [0.15, 0.2) is 0 Å². The molecule has 10 heteroatoms. The van der Waals surface area contributed by atoms with Gasteiger partial charge in [-0.15, -0.1) is 0 Å². The maximum atomic E-state index is 12.9. The monoisotopic (exact) mass is 458 g/mol. The first kappa shape index (κ1) is 23.0. The Labute approximate surface area is 191 Å². The van der Waals surface area contributed by atoms with E-state index in [1.54, 1.807) is 9.47 Å². The number of carbonyl (C=O) groups is 3. The Morgan fingerprint density at radius 1 is 1.12 bits per heavy atom. The van der Waals surface area contributed by atoms with Crippen LogP contribution in [0.25, 0.3) is 0 Å². The quantitative estimate of drug-likeness (QED) is 0.644. The molecule has 0 spiro atoms. The van der Waals surface area contributed by atoms with Gasteiger partial charge in [-0.2, -0.15) is 5.10 Å². The molecule has 33 heavy (non-hydrogen) atoms. The third kappa shape index (κ3) is 5.26. The zero-order chi connectivity index (χ0) is 23.4. The minimum absolute atomic E-state index is 0.00723. The molecule has 0 unspecified atom stereocenters. The molecular formula is C23H30N4O6. The van der Waals surface area contributed by atoms with Gasteiger partial charge in [0, 0.05) is 56.4 Å². The highest BCUT2D eigenvalue weighted by Gasteiger charge is 2.29. The smallest absolute Gasteiger partial charge is 0.343 e. The lowest BCUT2D eigenvalue weighted by Gasteiger charge is -2.20. The number of carbonyl (C=O) groups excluding carboxylic acids is 3. The number of methoxy groups -OCH3 is 1. The number of aromatic nitrogens is 1. The van der Waals surface area contributed by atoms with Crippen LogP contribution in [0.2, 0.25) is 0 Å². The number of hydrogen-bond donors (Lipinski definition) is 1. The van der Waals surface area contributed by atoms with E-state index in [1.807, 2.05) is 0 Å². The van der Waals surface area contributed by atoms with Crippen LogP contribution in [0.1, 0.15) is 67.4 Å². The standard InChI is InChI=1S/C23H30N4O6/c1-32-23(31)22-17-10-11-26(20(29)9-7-15-6-8-19(28)25-24-15)12-13-27(17)21(30)14-18(22)33-16-4-2-3-5-16/h14,16H,2-13H2,1H3,(H,25,28). The molecular weight excluding hydrogens is 428 g/mol. The van der Waals surface area contributed by atoms with Gasteiger partial charge < -0.3 is 18.9 Å². The molecule has 0 radical (unpaired) electrons. The van der Waals surface area contributed by atoms with Crippen LogP contribution in [0, 0.1) is 0 Å². The van der Waals surface area contributed by atoms with Crippen molar-refractivity contribution in [2.24, 2.45) is 5.10 Å². The largest absolute Gasteiger partial charge is 0.489 e. The van der Waals surface area contributed by atoms with Gasteiger partial charge >= 0.3 is 5.97 Å². The van der Waals surface area contributed by atoms with E-state index in [-0.39, 0.29) is 41.2 Å². The van der Waals surface area contributed by atoms with Crippen LogP contribution >= 0.6 is 0 Å². The van der Waals surface area contributed by atoms with Gasteiger partial charge in [0.1, 0.15) is 11.3 Å². The number of amides is 2. The summed E-state index contributed by atoms with van der Waals surface area (Å²) < 4.78 is 12.6. The summed E-state index contributed by atoms with van der Waals surface area (Å²) in [6.07, 6.45) is 5.98. The molecule has 0 atom stereocenters. The number of hydrogen-bond acceptors (Lipinski definition) is 7. The van der Waals surface area contributed by atoms with Gasteiger partial charge in [-0.05, 0) is 38.5 Å². The van der Waals surface area contributed by atoms with E-state index in [0.717, 1.165) is 31.4 Å². The molecule has 1 N–H and O–H groups in total. The van der Waals surface area contributed by atoms with E-state index in [9.17, 15) is 19.2 Å². The number of fused-ring (bicyclic) bond motifs is 1. The van der Waals surface area contributed by atoms with Crippen molar-refractivity contribution in [2.75, 3.05) is 20.2 Å². The number of hydrazone groups is 1. The summed E-state index contributed by atoms with van der Waals surface area (Å²) in [5.74, 6) is -0.415. The summed E-state index contributed by atoms with van der Waals surface area (Å²) in [6.45, 7) is 1.06. The number of ether oxygens (including phenoxy) is 2. The summed E-state index contributed by atoms with van der Waals surface area (Å²) in [4.78, 5) is 51.3. The molecule has 1 aliphatic carbocycles. The number of nitrogens with one attached hydrogen (secondary N) is 1. The Morgan fingerprint density at radius 3 is 2.61 bits per heavy atom. The predicted molar refractivity (Wildman–Crippen MR) is 119 cm³/mol. The van der Waals surface area contributed by atoms with Crippen molar-refractivity contribution in [1.82, 2.24) is 14.9 Å². The molecule has 10 nitrogen and oxygen atoms in total. The first-order chi connectivity index (χ1) is 16.0. The van der Waals surface area contributed by atoms with Crippen molar-refractivity contribution in [1.29, 1.82) is 0 Å². The van der Waals surface area contributed by atoms with Gasteiger partial charge in [-0.3, -0.25) is 14.4 Å². The molecule has 1 saturated carbocycles. The van der Waals surface area contributed by atoms with Crippen LogP contribution in [-0.4, -0.2) is 59.3 Å². The van der Waals surface area contributed by atoms with Crippen molar-refractivity contribution in [3.8, 4) is 5.75 Å². The molecule has 1 fully saturated rings. The van der Waals surface area contributed by atoms with E-state index < -0.39 is 5.97 Å². The topological polar surface area (TPSA) is 119 Å². The summed E-state index contributed by atoms with van der Waals surface area (Å²) in [5, 5.41) is 4.02. The second-order valence-electron chi connectivity index (χ2n) is 8.68. The second kappa shape index (κ2) is 10.2. The van der Waals surface area contributed by atoms with Crippen LogP contribution in [0.3, 0.4) is 0 Å². The molecule has 1 aromatic rings. The van der Waals surface area contributed by atoms with E-state index >= 15 is 0 Å². The highest BCUT2D eigenvalue weighted by Crippen LogP contribution is 2.29. The van der Waals surface area contributed by atoms with E-state index in [2.05, 4.69) is 10.5 Å². The van der Waals surface area contributed by atoms with Gasteiger partial charge in [0.25, 0.3) is 5.56 Å². The molecule has 3 heterocycles. The fraction of sp³-hybridized carbons (Fsp3) is 0.609. The summed E-state index contributed by atoms with van der Waals surface area (Å²) in [5.41, 5.74) is 3.84. The molecule has 3 aliphatic rings. The number of nitrogens with zero attached hydrogens (tertiary/aromatic N) is 3. The van der Waals surface area contributed by atoms with E-state index in [0.29, 0.717) is 51.0 Å². The van der Waals surface area contributed by atoms with Crippen LogP contribution in [0.5, 0.6) is 5.75 Å². The van der Waals surface area contributed by atoms with E-state index in [1.165, 1.54) is 13.2 Å². The van der Waals surface area contributed by atoms with Crippen molar-refractivity contribution in [3.63, 3.8) is 0 Å². The highest BCUT2D eigenvalue weighted by atomic mass is 16.5. The maximum Gasteiger partial charge on any atom is 0.343 e. The first-order valence-corrected chi connectivity index (χ1v) is 11.6. The fourth-order valence-corrected chi connectivity index (χ4v) is 4.70. The molecule has 1 aromatic heterocycles. The molecule has 178 valence electrons. The maximum absolute atomic E-state index is 12.9. The third-order valence-electron chi connectivity index (χ3n) is 6.54. The molecule has 0 saturated heterocycles. The predicted octanol–water partition coefficient (Wildman–Crippen LogP) is 1.39. The van der Waals surface area contributed by atoms with Crippen molar-refractivity contribution < 1.29 is 23.9 Å². The second-order valence-corrected chi connectivity index (χ2v) is 8.68. The number of rotatable bonds is 6. The lowest BCUT2D eigenvalue weighted by Crippen LogP contribution is -2.34. The summed E-state index contributed by atoms with van der Waals surface area (Å²) in [6, 6.07) is 1.38. The highest BCUT2D eigenvalue weighted by molar-refractivity contribution is 5.95. The SMILES string of the molecule is COC(=O)c1c(OC2CCCC2)cc(=O)n2c1CCN(C(=O)CCC1=NNC(=O)CC1)CC2. The van der Waals surface area contributed by atoms with Gasteiger partial charge in [-0.1, -0.05) is 0 Å². The molecule has 2 amide bonds. The zero-order valence-corrected chi connectivity index (χ0v) is 18.9. The van der Waals surface area contributed by atoms with Crippen LogP contribution < -0.4 is 15.7 Å². The average Bonchev–Trinajstić information content (AvgIpc) is 3.22. The average molecular weight is 459 g/mol. The normalized spacial score (nSPS) is 18.8. The van der Waals surface area contributed by atoms with Gasteiger partial charge in [0.2, 0.25) is 11.8 Å². The molecule has 2 aliphatic heterocycles. The number of esters is 1. The Bertz CT molecular complexity index is 1020. The third-order valence-corrected chi connectivity index (χ3v) is 6.54. The van der Waals surface area contributed by atoms with Crippen molar-refractivity contribution >= 4 is 23.5 Å². The Kier molecular flexibility index (Phi) is 7.10. The van der Waals surface area contributed by atoms with Crippen molar-refractivity contribution in [2.45, 2.75) is 70.4 Å². The molecule has 0 aromatic carbocycles. The lowest BCUT2D eigenvalue weighted by molar-refractivity contribution is -0.131. The van der Waals surface area contributed by atoms with E-state index in [4.69, 9.17) is 9.47 Å². The lowest BCUT2D eigenvalue weighted by atomic mass is 10.1. The minimum atomic E-state index is -0.538. The zero-order valence-electron chi connectivity index (χ0n) is 18.9. The molecule has 0 bridgehead atoms. The first-order valence-electron chi connectivity index (χ1n) is 11.6. The van der Waals surface area contributed by atoms with Gasteiger partial charge in [-0.25, -0.2) is 10.2 Å². The van der Waals surface area contributed by atoms with Crippen molar-refractivity contribution in [3.05, 3.63) is 27.7 Å². The van der Waals surface area contributed by atoms with Crippen LogP contribution in [0.15, 0.2) is 16.0 Å². The number of pyridine rings is 1. The Hall–Kier alpha value is -3.17. The van der Waals surface area contributed by atoms with Gasteiger partial charge in [0.05, 0.1) is 13.2 Å². The molecule has 4 rings (SSSR count). The Morgan fingerprint density at radius 2 is 1.91 bits per heavy atom. The minimum Gasteiger partial charge on any atom is -0.489 e. The fourth-order valence-electron chi connectivity index (χ4n) is 4.70.